The fraction of sp³-hybridized carbons (Fsp3) is 0.115. The van der Waals surface area contributed by atoms with E-state index in [1.54, 1.807) is 37.2 Å². The van der Waals surface area contributed by atoms with E-state index in [-0.39, 0.29) is 5.91 Å². The van der Waals surface area contributed by atoms with Gasteiger partial charge in [-0.25, -0.2) is 15.0 Å². The number of nitrogens with zero attached hydrogens (tertiary/aromatic N) is 6. The van der Waals surface area contributed by atoms with E-state index in [1.165, 1.54) is 0 Å². The third kappa shape index (κ3) is 3.94. The van der Waals surface area contributed by atoms with Gasteiger partial charge in [-0.3, -0.25) is 19.9 Å². The SMILES string of the molecule is CCCC(=O)Nc1cncc(-c2cnc3[nH]nc(-c4nc5c(-c6cccnc6)ccnc5[nH]4)c3c2)c1. The van der Waals surface area contributed by atoms with Crippen LogP contribution in [0.5, 0.6) is 0 Å². The summed E-state index contributed by atoms with van der Waals surface area (Å²) < 4.78 is 0. The second kappa shape index (κ2) is 8.99. The first kappa shape index (κ1) is 21.5. The predicted octanol–water partition coefficient (Wildman–Crippen LogP) is 4.76. The van der Waals surface area contributed by atoms with Crippen LogP contribution in [0.15, 0.2) is 67.5 Å². The molecule has 0 aliphatic carbocycles. The number of rotatable bonds is 6. The molecule has 0 aromatic carbocycles. The fourth-order valence-electron chi connectivity index (χ4n) is 4.14. The lowest BCUT2D eigenvalue weighted by molar-refractivity contribution is -0.116. The molecule has 0 aliphatic heterocycles. The lowest BCUT2D eigenvalue weighted by Gasteiger charge is -2.07. The van der Waals surface area contributed by atoms with Gasteiger partial charge in [0.05, 0.1) is 17.3 Å². The molecule has 0 fully saturated rings. The summed E-state index contributed by atoms with van der Waals surface area (Å²) in [7, 11) is 0. The van der Waals surface area contributed by atoms with Crippen LogP contribution in [-0.2, 0) is 4.79 Å². The normalized spacial score (nSPS) is 11.2. The highest BCUT2D eigenvalue weighted by molar-refractivity contribution is 5.96. The molecule has 6 heterocycles. The fourth-order valence-corrected chi connectivity index (χ4v) is 4.14. The molecule has 0 atom stereocenters. The molecule has 6 aromatic rings. The number of aromatic amines is 2. The van der Waals surface area contributed by atoms with Crippen LogP contribution in [0.4, 0.5) is 5.69 Å². The minimum absolute atomic E-state index is 0.0358. The smallest absolute Gasteiger partial charge is 0.224 e. The van der Waals surface area contributed by atoms with Crippen LogP contribution in [0.3, 0.4) is 0 Å². The van der Waals surface area contributed by atoms with Gasteiger partial charge in [0.15, 0.2) is 17.1 Å². The first-order valence-corrected chi connectivity index (χ1v) is 11.5. The second-order valence-corrected chi connectivity index (χ2v) is 8.34. The molecule has 6 rings (SSSR count). The molecule has 10 nitrogen and oxygen atoms in total. The Balaban J connectivity index is 1.40. The standard InChI is InChI=1S/C26H21N9O/c1-2-4-21(36)31-18-9-16(12-28-14-18)17-10-20-23(34-35-24(20)30-13-17)26-32-22-19(6-8-29-25(22)33-26)15-5-3-7-27-11-15/h3,5-14H,2,4H2,1H3,(H,31,36)(H,29,32,33)(H,30,34,35). The van der Waals surface area contributed by atoms with Crippen LogP contribution >= 0.6 is 0 Å². The quantitative estimate of drug-likeness (QED) is 0.316. The lowest BCUT2D eigenvalue weighted by atomic mass is 10.1. The third-order valence-electron chi connectivity index (χ3n) is 5.83. The average molecular weight is 476 g/mol. The van der Waals surface area contributed by atoms with E-state index in [0.29, 0.717) is 34.9 Å². The summed E-state index contributed by atoms with van der Waals surface area (Å²) in [6, 6.07) is 9.67. The number of carbonyl (C=O) groups is 1. The Hall–Kier alpha value is -4.99. The van der Waals surface area contributed by atoms with Crippen LogP contribution in [0.2, 0.25) is 0 Å². The van der Waals surface area contributed by atoms with Crippen molar-refractivity contribution >= 4 is 33.8 Å². The van der Waals surface area contributed by atoms with E-state index in [4.69, 9.17) is 4.98 Å². The number of carbonyl (C=O) groups excluding carboxylic acids is 1. The minimum Gasteiger partial charge on any atom is -0.325 e. The molecule has 0 unspecified atom stereocenters. The van der Waals surface area contributed by atoms with Gasteiger partial charge in [0.2, 0.25) is 5.91 Å². The highest BCUT2D eigenvalue weighted by Crippen LogP contribution is 2.31. The Morgan fingerprint density at radius 3 is 2.69 bits per heavy atom. The van der Waals surface area contributed by atoms with Crippen LogP contribution in [-0.4, -0.2) is 46.0 Å². The summed E-state index contributed by atoms with van der Waals surface area (Å²) in [5, 5.41) is 11.2. The summed E-state index contributed by atoms with van der Waals surface area (Å²) in [5.41, 5.74) is 6.87. The molecule has 0 radical (unpaired) electrons. The molecule has 0 saturated heterocycles. The summed E-state index contributed by atoms with van der Waals surface area (Å²) >= 11 is 0. The highest BCUT2D eigenvalue weighted by Gasteiger charge is 2.17. The number of nitrogens with one attached hydrogen (secondary N) is 3. The first-order chi connectivity index (χ1) is 17.7. The summed E-state index contributed by atoms with van der Waals surface area (Å²) in [5.74, 6) is 0.545. The summed E-state index contributed by atoms with van der Waals surface area (Å²) in [6.07, 6.45) is 11.7. The van der Waals surface area contributed by atoms with Crippen molar-refractivity contribution in [2.24, 2.45) is 0 Å². The van der Waals surface area contributed by atoms with Crippen LogP contribution < -0.4 is 5.32 Å². The van der Waals surface area contributed by atoms with Gasteiger partial charge in [0.1, 0.15) is 11.2 Å². The van der Waals surface area contributed by atoms with E-state index in [0.717, 1.165) is 39.6 Å². The number of imidazole rings is 1. The van der Waals surface area contributed by atoms with E-state index in [1.807, 2.05) is 37.3 Å². The number of hydrogen-bond donors (Lipinski definition) is 3. The van der Waals surface area contributed by atoms with E-state index < -0.39 is 0 Å². The molecule has 36 heavy (non-hydrogen) atoms. The maximum absolute atomic E-state index is 12.0. The summed E-state index contributed by atoms with van der Waals surface area (Å²) in [6.45, 7) is 1.97. The van der Waals surface area contributed by atoms with E-state index in [9.17, 15) is 4.79 Å². The van der Waals surface area contributed by atoms with Crippen molar-refractivity contribution in [3.8, 4) is 33.8 Å². The van der Waals surface area contributed by atoms with Gasteiger partial charge in [-0.05, 0) is 30.7 Å². The highest BCUT2D eigenvalue weighted by atomic mass is 16.1. The predicted molar refractivity (Wildman–Crippen MR) is 137 cm³/mol. The van der Waals surface area contributed by atoms with Crippen molar-refractivity contribution in [2.45, 2.75) is 19.8 Å². The zero-order valence-corrected chi connectivity index (χ0v) is 19.4. The molecule has 0 spiro atoms. The Kier molecular flexibility index (Phi) is 5.38. The molecule has 0 aliphatic rings. The van der Waals surface area contributed by atoms with Gasteiger partial charge >= 0.3 is 0 Å². The Morgan fingerprint density at radius 1 is 0.944 bits per heavy atom. The molecular weight excluding hydrogens is 454 g/mol. The van der Waals surface area contributed by atoms with E-state index >= 15 is 0 Å². The summed E-state index contributed by atoms with van der Waals surface area (Å²) in [4.78, 5) is 37.6. The number of H-pyrrole nitrogens is 2. The largest absolute Gasteiger partial charge is 0.325 e. The zero-order chi connectivity index (χ0) is 24.5. The van der Waals surface area contributed by atoms with Gasteiger partial charge in [0, 0.05) is 59.7 Å². The second-order valence-electron chi connectivity index (χ2n) is 8.34. The Bertz CT molecular complexity index is 1710. The molecule has 0 bridgehead atoms. The number of hydrogen-bond acceptors (Lipinski definition) is 7. The minimum atomic E-state index is -0.0358. The van der Waals surface area contributed by atoms with Crippen LogP contribution in [0, 0.1) is 0 Å². The molecule has 1 amide bonds. The van der Waals surface area contributed by atoms with Crippen molar-refractivity contribution in [3.05, 3.63) is 67.5 Å². The van der Waals surface area contributed by atoms with Crippen molar-refractivity contribution in [1.82, 2.24) is 40.1 Å². The number of fused-ring (bicyclic) bond motifs is 2. The van der Waals surface area contributed by atoms with Crippen LogP contribution in [0.25, 0.3) is 56.0 Å². The van der Waals surface area contributed by atoms with E-state index in [2.05, 4.69) is 40.4 Å². The monoisotopic (exact) mass is 475 g/mol. The molecule has 10 heteroatoms. The maximum Gasteiger partial charge on any atom is 0.224 e. The maximum atomic E-state index is 12.0. The van der Waals surface area contributed by atoms with Crippen molar-refractivity contribution < 1.29 is 4.79 Å². The van der Waals surface area contributed by atoms with Gasteiger partial charge in [-0.2, -0.15) is 5.10 Å². The van der Waals surface area contributed by atoms with Gasteiger partial charge in [0.25, 0.3) is 0 Å². The Labute approximate surface area is 205 Å². The van der Waals surface area contributed by atoms with Crippen molar-refractivity contribution in [3.63, 3.8) is 0 Å². The van der Waals surface area contributed by atoms with Gasteiger partial charge in [-0.1, -0.05) is 13.0 Å². The number of anilines is 1. The number of amides is 1. The number of aromatic nitrogens is 8. The Morgan fingerprint density at radius 2 is 1.83 bits per heavy atom. The third-order valence-corrected chi connectivity index (χ3v) is 5.83. The van der Waals surface area contributed by atoms with Crippen LogP contribution in [0.1, 0.15) is 19.8 Å². The average Bonchev–Trinajstić information content (AvgIpc) is 3.53. The topological polar surface area (TPSA) is 138 Å². The van der Waals surface area contributed by atoms with Gasteiger partial charge < -0.3 is 10.3 Å². The van der Waals surface area contributed by atoms with Crippen molar-refractivity contribution in [1.29, 1.82) is 0 Å². The molecular formula is C26H21N9O. The molecule has 3 N–H and O–H groups in total. The molecule has 6 aromatic heterocycles. The molecule has 0 saturated carbocycles. The van der Waals surface area contributed by atoms with Crippen molar-refractivity contribution in [2.75, 3.05) is 5.32 Å². The number of pyridine rings is 4. The van der Waals surface area contributed by atoms with Gasteiger partial charge in [-0.15, -0.1) is 0 Å². The molecule has 176 valence electrons. The lowest BCUT2D eigenvalue weighted by Crippen LogP contribution is -2.10. The first-order valence-electron chi connectivity index (χ1n) is 11.5. The zero-order valence-electron chi connectivity index (χ0n) is 19.4.